The molecule has 3 aromatic rings. The van der Waals surface area contributed by atoms with Crippen molar-refractivity contribution in [2.24, 2.45) is 0 Å². The zero-order chi connectivity index (χ0) is 18.7. The third kappa shape index (κ3) is 4.35. The number of aryl methyl sites for hydroxylation is 2. The molecule has 0 radical (unpaired) electrons. The molecule has 0 saturated heterocycles. The number of hydrogen-bond donors (Lipinski definition) is 1. The van der Waals surface area contributed by atoms with E-state index in [0.29, 0.717) is 12.0 Å². The summed E-state index contributed by atoms with van der Waals surface area (Å²) >= 11 is 1.53. The van der Waals surface area contributed by atoms with Gasteiger partial charge in [-0.15, -0.1) is 11.3 Å². The Kier molecular flexibility index (Phi) is 5.50. The maximum Gasteiger partial charge on any atom is 0.240 e. The number of nitrogens with zero attached hydrogens (tertiary/aromatic N) is 1. The molecule has 0 aliphatic heterocycles. The number of nitrogens with one attached hydrogen (secondary N) is 1. The van der Waals surface area contributed by atoms with Gasteiger partial charge in [-0.2, -0.15) is 0 Å². The lowest BCUT2D eigenvalue weighted by molar-refractivity contribution is 0.576. The van der Waals surface area contributed by atoms with Crippen LogP contribution in [0.4, 0.5) is 4.39 Å². The van der Waals surface area contributed by atoms with E-state index in [4.69, 9.17) is 0 Å². The highest BCUT2D eigenvalue weighted by Crippen LogP contribution is 2.24. The normalized spacial score (nSPS) is 11.7. The van der Waals surface area contributed by atoms with Crippen LogP contribution in [0.15, 0.2) is 52.7 Å². The summed E-state index contributed by atoms with van der Waals surface area (Å²) in [6.07, 6.45) is 0.468. The molecule has 3 rings (SSSR count). The molecule has 4 nitrogen and oxygen atoms in total. The number of aromatic nitrogens is 1. The number of thiazole rings is 1. The number of rotatable bonds is 6. The maximum absolute atomic E-state index is 13.4. The van der Waals surface area contributed by atoms with Crippen LogP contribution in [0.2, 0.25) is 0 Å². The smallest absolute Gasteiger partial charge is 0.240 e. The molecular formula is C19H19FN2O2S2. The van der Waals surface area contributed by atoms with Crippen molar-refractivity contribution >= 4 is 21.4 Å². The number of sulfonamides is 1. The van der Waals surface area contributed by atoms with E-state index in [-0.39, 0.29) is 11.4 Å². The molecule has 1 aromatic heterocycles. The van der Waals surface area contributed by atoms with Gasteiger partial charge in [0.2, 0.25) is 10.0 Å². The summed E-state index contributed by atoms with van der Waals surface area (Å²) in [7, 11) is -3.75. The standard InChI is InChI=1S/C19H19FN2O2S2/c1-13-3-6-15(7-4-13)19-22-17(12-25-19)9-10-21-26(23,24)18-11-16(20)8-5-14(18)2/h3-8,11-12,21H,9-10H2,1-2H3. The van der Waals surface area contributed by atoms with E-state index in [1.165, 1.54) is 29.0 Å². The van der Waals surface area contributed by atoms with Crippen LogP contribution in [0.25, 0.3) is 10.6 Å². The molecular weight excluding hydrogens is 371 g/mol. The quantitative estimate of drug-likeness (QED) is 0.690. The van der Waals surface area contributed by atoms with Crippen LogP contribution in [0, 0.1) is 19.7 Å². The molecule has 0 bridgehead atoms. The Bertz CT molecular complexity index is 1010. The number of benzene rings is 2. The predicted octanol–water partition coefficient (Wildman–Crippen LogP) is 4.09. The molecule has 26 heavy (non-hydrogen) atoms. The van der Waals surface area contributed by atoms with Gasteiger partial charge in [0.15, 0.2) is 0 Å². The molecule has 136 valence electrons. The van der Waals surface area contributed by atoms with Crippen LogP contribution in [-0.2, 0) is 16.4 Å². The zero-order valence-corrected chi connectivity index (χ0v) is 16.1. The van der Waals surface area contributed by atoms with Crippen LogP contribution in [-0.4, -0.2) is 19.9 Å². The van der Waals surface area contributed by atoms with Gasteiger partial charge in [-0.1, -0.05) is 35.9 Å². The van der Waals surface area contributed by atoms with Crippen LogP contribution < -0.4 is 4.72 Å². The lowest BCUT2D eigenvalue weighted by Crippen LogP contribution is -2.26. The van der Waals surface area contributed by atoms with Crippen molar-refractivity contribution in [3.8, 4) is 10.6 Å². The van der Waals surface area contributed by atoms with Crippen molar-refractivity contribution in [1.82, 2.24) is 9.71 Å². The molecule has 0 aliphatic carbocycles. The number of halogens is 1. The molecule has 0 spiro atoms. The molecule has 7 heteroatoms. The lowest BCUT2D eigenvalue weighted by atomic mass is 10.2. The minimum absolute atomic E-state index is 0.0314. The van der Waals surface area contributed by atoms with Gasteiger partial charge < -0.3 is 0 Å². The second-order valence-electron chi connectivity index (χ2n) is 6.07. The Morgan fingerprint density at radius 2 is 1.85 bits per heavy atom. The summed E-state index contributed by atoms with van der Waals surface area (Å²) < 4.78 is 40.6. The minimum Gasteiger partial charge on any atom is -0.241 e. The third-order valence-corrected chi connectivity index (χ3v) is 6.51. The molecule has 2 aromatic carbocycles. The van der Waals surface area contributed by atoms with Crippen molar-refractivity contribution in [2.45, 2.75) is 25.2 Å². The van der Waals surface area contributed by atoms with E-state index in [1.54, 1.807) is 6.92 Å². The van der Waals surface area contributed by atoms with Crippen molar-refractivity contribution in [1.29, 1.82) is 0 Å². The Morgan fingerprint density at radius 1 is 1.12 bits per heavy atom. The Morgan fingerprint density at radius 3 is 2.58 bits per heavy atom. The first kappa shape index (κ1) is 18.7. The summed E-state index contributed by atoms with van der Waals surface area (Å²) in [5, 5.41) is 2.83. The highest BCUT2D eigenvalue weighted by molar-refractivity contribution is 7.89. The number of hydrogen-bond acceptors (Lipinski definition) is 4. The van der Waals surface area contributed by atoms with Gasteiger partial charge in [0.1, 0.15) is 10.8 Å². The summed E-state index contributed by atoms with van der Waals surface area (Å²) in [5.74, 6) is -0.571. The van der Waals surface area contributed by atoms with Crippen molar-refractivity contribution in [3.05, 3.63) is 70.5 Å². The highest BCUT2D eigenvalue weighted by Gasteiger charge is 2.17. The molecule has 0 atom stereocenters. The molecule has 1 N–H and O–H groups in total. The van der Waals surface area contributed by atoms with E-state index in [1.807, 2.05) is 36.6 Å². The molecule has 0 amide bonds. The molecule has 1 heterocycles. The molecule has 0 aliphatic rings. The highest BCUT2D eigenvalue weighted by atomic mass is 32.2. The van der Waals surface area contributed by atoms with Gasteiger partial charge in [-0.25, -0.2) is 22.5 Å². The molecule has 0 saturated carbocycles. The maximum atomic E-state index is 13.4. The van der Waals surface area contributed by atoms with Crippen molar-refractivity contribution in [3.63, 3.8) is 0 Å². The fraction of sp³-hybridized carbons (Fsp3) is 0.211. The van der Waals surface area contributed by atoms with Crippen LogP contribution in [0.1, 0.15) is 16.8 Å². The van der Waals surface area contributed by atoms with Gasteiger partial charge in [0.25, 0.3) is 0 Å². The Labute approximate surface area is 156 Å². The van der Waals surface area contributed by atoms with Gasteiger partial charge >= 0.3 is 0 Å². The third-order valence-electron chi connectivity index (χ3n) is 3.96. The van der Waals surface area contributed by atoms with Crippen LogP contribution >= 0.6 is 11.3 Å². The Hall–Kier alpha value is -2.09. The van der Waals surface area contributed by atoms with Gasteiger partial charge in [-0.3, -0.25) is 0 Å². The van der Waals surface area contributed by atoms with E-state index < -0.39 is 15.8 Å². The van der Waals surface area contributed by atoms with Crippen molar-refractivity contribution in [2.75, 3.05) is 6.54 Å². The van der Waals surface area contributed by atoms with Crippen LogP contribution in [0.5, 0.6) is 0 Å². The fourth-order valence-corrected chi connectivity index (χ4v) is 4.65. The SMILES string of the molecule is Cc1ccc(-c2nc(CCNS(=O)(=O)c3cc(F)ccc3C)cs2)cc1. The largest absolute Gasteiger partial charge is 0.241 e. The van der Waals surface area contributed by atoms with E-state index in [0.717, 1.165) is 22.3 Å². The first-order chi connectivity index (χ1) is 12.3. The average molecular weight is 391 g/mol. The van der Waals surface area contributed by atoms with E-state index in [9.17, 15) is 12.8 Å². The summed E-state index contributed by atoms with van der Waals surface area (Å²) in [6, 6.07) is 11.9. The summed E-state index contributed by atoms with van der Waals surface area (Å²) in [5.41, 5.74) is 3.56. The molecule has 0 fully saturated rings. The van der Waals surface area contributed by atoms with E-state index >= 15 is 0 Å². The minimum atomic E-state index is -3.75. The first-order valence-corrected chi connectivity index (χ1v) is 10.5. The lowest BCUT2D eigenvalue weighted by Gasteiger charge is -2.08. The summed E-state index contributed by atoms with van der Waals surface area (Å²) in [6.45, 7) is 3.88. The van der Waals surface area contributed by atoms with Crippen LogP contribution in [0.3, 0.4) is 0 Å². The zero-order valence-electron chi connectivity index (χ0n) is 14.5. The van der Waals surface area contributed by atoms with Gasteiger partial charge in [0, 0.05) is 23.9 Å². The second-order valence-corrected chi connectivity index (χ2v) is 8.66. The van der Waals surface area contributed by atoms with E-state index in [2.05, 4.69) is 9.71 Å². The van der Waals surface area contributed by atoms with Gasteiger partial charge in [0.05, 0.1) is 10.6 Å². The Balaban J connectivity index is 1.65. The average Bonchev–Trinajstić information content (AvgIpc) is 3.06. The monoisotopic (exact) mass is 390 g/mol. The fourth-order valence-electron chi connectivity index (χ4n) is 2.51. The predicted molar refractivity (Wildman–Crippen MR) is 102 cm³/mol. The van der Waals surface area contributed by atoms with Gasteiger partial charge in [-0.05, 0) is 31.5 Å². The first-order valence-electron chi connectivity index (χ1n) is 8.12. The second kappa shape index (κ2) is 7.65. The van der Waals surface area contributed by atoms with Crippen molar-refractivity contribution < 1.29 is 12.8 Å². The summed E-state index contributed by atoms with van der Waals surface area (Å²) in [4.78, 5) is 4.53. The molecule has 0 unspecified atom stereocenters. The topological polar surface area (TPSA) is 59.1 Å².